The van der Waals surface area contributed by atoms with Gasteiger partial charge in [0.05, 0.1) is 27.7 Å². The maximum Gasteiger partial charge on any atom is 0.472 e. The molecule has 10 heteroatoms. The Kier molecular flexibility index (Phi) is 38.9. The number of phosphoric acid groups is 1. The fraction of sp³-hybridized carbons (Fsp3) is 0.872. The molecule has 0 radical (unpaired) electrons. The molecule has 0 aliphatic rings. The quantitative estimate of drug-likeness (QED) is 0.0213. The number of quaternary nitrogens is 1. The highest BCUT2D eigenvalue weighted by atomic mass is 31.2. The molecule has 0 aliphatic heterocycles. The summed E-state index contributed by atoms with van der Waals surface area (Å²) >= 11 is 0. The minimum atomic E-state index is -4.38. The average molecular weight is 829 g/mol. The maximum absolute atomic E-state index is 12.7. The summed E-state index contributed by atoms with van der Waals surface area (Å²) in [5, 5.41) is 0. The SMILES string of the molecule is CCCC/C=C\C/C=C\CCCCCCCC(=O)OC[C@H](COP(=O)(O)OCC[N+](C)(C)C)OC(=O)CCCCCCCCCCCCCCCCCCCCC. The second-order valence-electron chi connectivity index (χ2n) is 17.1. The van der Waals surface area contributed by atoms with Crippen LogP contribution in [0.2, 0.25) is 0 Å². The van der Waals surface area contributed by atoms with Gasteiger partial charge in [0.1, 0.15) is 19.8 Å². The molecule has 0 bridgehead atoms. The van der Waals surface area contributed by atoms with E-state index in [1.165, 1.54) is 122 Å². The third-order valence-electron chi connectivity index (χ3n) is 10.2. The predicted molar refractivity (Wildman–Crippen MR) is 238 cm³/mol. The van der Waals surface area contributed by atoms with E-state index in [1.807, 2.05) is 21.1 Å². The number of likely N-dealkylation sites (N-methyl/N-ethyl adjacent to an activating group) is 1. The maximum atomic E-state index is 12.7. The van der Waals surface area contributed by atoms with E-state index in [4.69, 9.17) is 18.5 Å². The second-order valence-corrected chi connectivity index (χ2v) is 18.6. The van der Waals surface area contributed by atoms with E-state index in [-0.39, 0.29) is 32.0 Å². The van der Waals surface area contributed by atoms with E-state index >= 15 is 0 Å². The smallest absolute Gasteiger partial charge is 0.462 e. The van der Waals surface area contributed by atoms with Crippen molar-refractivity contribution in [3.8, 4) is 0 Å². The Balaban J connectivity index is 4.29. The van der Waals surface area contributed by atoms with Gasteiger partial charge in [0.15, 0.2) is 6.10 Å². The number of ether oxygens (including phenoxy) is 2. The standard InChI is InChI=1S/C47H90NO8P/c1-6-8-10-12-14-16-18-20-22-23-24-25-26-28-30-32-34-36-38-40-47(50)56-45(44-55-57(51,52)54-42-41-48(3,4)5)43-53-46(49)39-37-35-33-31-29-27-21-19-17-15-13-11-9-7-2/h13,15,19,21,45H,6-12,14,16-18,20,22-44H2,1-5H3/p+1/b15-13-,21-19-/t45-/m1/s1. The summed E-state index contributed by atoms with van der Waals surface area (Å²) in [6.45, 7) is 4.39. The first-order valence-electron chi connectivity index (χ1n) is 23.6. The molecule has 0 aromatic heterocycles. The molecule has 0 aromatic carbocycles. The molecular formula is C47H91NO8P+. The van der Waals surface area contributed by atoms with E-state index in [0.29, 0.717) is 17.4 Å². The highest BCUT2D eigenvalue weighted by Gasteiger charge is 2.27. The number of hydrogen-bond acceptors (Lipinski definition) is 7. The van der Waals surface area contributed by atoms with Crippen molar-refractivity contribution in [3.63, 3.8) is 0 Å². The molecule has 336 valence electrons. The van der Waals surface area contributed by atoms with Crippen LogP contribution in [0.4, 0.5) is 0 Å². The number of rotatable bonds is 43. The lowest BCUT2D eigenvalue weighted by Crippen LogP contribution is -2.37. The Hall–Kier alpha value is -1.51. The van der Waals surface area contributed by atoms with Crippen molar-refractivity contribution < 1.29 is 42.1 Å². The highest BCUT2D eigenvalue weighted by molar-refractivity contribution is 7.47. The van der Waals surface area contributed by atoms with Gasteiger partial charge in [-0.1, -0.05) is 186 Å². The topological polar surface area (TPSA) is 108 Å². The number of carbonyl (C=O) groups is 2. The summed E-state index contributed by atoms with van der Waals surface area (Å²) in [6.07, 6.45) is 43.6. The van der Waals surface area contributed by atoms with Crippen molar-refractivity contribution in [2.75, 3.05) is 47.5 Å². The van der Waals surface area contributed by atoms with Gasteiger partial charge in [-0.05, 0) is 38.5 Å². The van der Waals surface area contributed by atoms with Crippen LogP contribution in [-0.4, -0.2) is 74.9 Å². The van der Waals surface area contributed by atoms with Gasteiger partial charge in [0.2, 0.25) is 0 Å². The van der Waals surface area contributed by atoms with E-state index < -0.39 is 26.5 Å². The fourth-order valence-corrected chi connectivity index (χ4v) is 7.24. The monoisotopic (exact) mass is 829 g/mol. The zero-order valence-electron chi connectivity index (χ0n) is 37.8. The molecule has 1 N–H and O–H groups in total. The number of allylic oxidation sites excluding steroid dienone is 4. The van der Waals surface area contributed by atoms with Gasteiger partial charge in [-0.3, -0.25) is 18.6 Å². The molecule has 0 fully saturated rings. The molecule has 0 amide bonds. The molecule has 0 spiro atoms. The molecule has 57 heavy (non-hydrogen) atoms. The number of unbranched alkanes of at least 4 members (excludes halogenated alkanes) is 25. The molecule has 0 aliphatic carbocycles. The summed E-state index contributed by atoms with van der Waals surface area (Å²) in [4.78, 5) is 35.4. The van der Waals surface area contributed by atoms with Gasteiger partial charge in [-0.15, -0.1) is 0 Å². The zero-order valence-corrected chi connectivity index (χ0v) is 38.7. The van der Waals surface area contributed by atoms with Crippen molar-refractivity contribution in [1.29, 1.82) is 0 Å². The molecular weight excluding hydrogens is 737 g/mol. The third-order valence-corrected chi connectivity index (χ3v) is 11.2. The van der Waals surface area contributed by atoms with Crippen LogP contribution in [-0.2, 0) is 32.7 Å². The summed E-state index contributed by atoms with van der Waals surface area (Å²) in [5.74, 6) is -0.806. The van der Waals surface area contributed by atoms with Crippen LogP contribution in [0.15, 0.2) is 24.3 Å². The van der Waals surface area contributed by atoms with Crippen LogP contribution in [0.3, 0.4) is 0 Å². The predicted octanol–water partition coefficient (Wildman–Crippen LogP) is 13.5. The van der Waals surface area contributed by atoms with Crippen LogP contribution < -0.4 is 0 Å². The van der Waals surface area contributed by atoms with Crippen molar-refractivity contribution in [3.05, 3.63) is 24.3 Å². The van der Waals surface area contributed by atoms with Crippen molar-refractivity contribution in [1.82, 2.24) is 0 Å². The number of carbonyl (C=O) groups excluding carboxylic acids is 2. The number of phosphoric ester groups is 1. The van der Waals surface area contributed by atoms with Crippen LogP contribution in [0, 0.1) is 0 Å². The van der Waals surface area contributed by atoms with Gasteiger partial charge in [0.25, 0.3) is 0 Å². The van der Waals surface area contributed by atoms with Crippen molar-refractivity contribution in [2.24, 2.45) is 0 Å². The Labute approximate surface area is 351 Å². The van der Waals surface area contributed by atoms with Crippen molar-refractivity contribution in [2.45, 2.75) is 219 Å². The first-order chi connectivity index (χ1) is 27.5. The van der Waals surface area contributed by atoms with E-state index in [0.717, 1.165) is 57.8 Å². The summed E-state index contributed by atoms with van der Waals surface area (Å²) < 4.78 is 34.4. The summed E-state index contributed by atoms with van der Waals surface area (Å²) in [7, 11) is 1.48. The molecule has 0 saturated heterocycles. The first kappa shape index (κ1) is 55.5. The normalized spacial score (nSPS) is 13.7. The Morgan fingerprint density at radius 2 is 0.965 bits per heavy atom. The molecule has 2 atom stereocenters. The van der Waals surface area contributed by atoms with Crippen LogP contribution in [0.5, 0.6) is 0 Å². The summed E-state index contributed by atoms with van der Waals surface area (Å²) in [6, 6.07) is 0. The molecule has 0 heterocycles. The Morgan fingerprint density at radius 1 is 0.544 bits per heavy atom. The minimum absolute atomic E-state index is 0.0314. The van der Waals surface area contributed by atoms with Gasteiger partial charge in [-0.25, -0.2) is 4.57 Å². The summed E-state index contributed by atoms with van der Waals surface area (Å²) in [5.41, 5.74) is 0. The zero-order chi connectivity index (χ0) is 42.1. The second kappa shape index (κ2) is 39.9. The van der Waals surface area contributed by atoms with Gasteiger partial charge >= 0.3 is 19.8 Å². The van der Waals surface area contributed by atoms with E-state index in [9.17, 15) is 19.0 Å². The molecule has 0 aromatic rings. The Morgan fingerprint density at radius 3 is 1.44 bits per heavy atom. The lowest BCUT2D eigenvalue weighted by Gasteiger charge is -2.24. The largest absolute Gasteiger partial charge is 0.472 e. The van der Waals surface area contributed by atoms with Crippen LogP contribution in [0.25, 0.3) is 0 Å². The van der Waals surface area contributed by atoms with Gasteiger partial charge < -0.3 is 18.9 Å². The number of esters is 2. The lowest BCUT2D eigenvalue weighted by atomic mass is 10.0. The fourth-order valence-electron chi connectivity index (χ4n) is 6.50. The van der Waals surface area contributed by atoms with Crippen LogP contribution in [0.1, 0.15) is 213 Å². The lowest BCUT2D eigenvalue weighted by molar-refractivity contribution is -0.870. The number of nitrogens with zero attached hydrogens (tertiary/aromatic N) is 1. The third kappa shape index (κ3) is 43.9. The molecule has 0 saturated carbocycles. The van der Waals surface area contributed by atoms with Crippen molar-refractivity contribution >= 4 is 19.8 Å². The molecule has 1 unspecified atom stereocenters. The molecule has 9 nitrogen and oxygen atoms in total. The van der Waals surface area contributed by atoms with Crippen LogP contribution >= 0.6 is 7.82 Å². The van der Waals surface area contributed by atoms with E-state index in [2.05, 4.69) is 38.2 Å². The average Bonchev–Trinajstić information content (AvgIpc) is 3.16. The number of hydrogen-bond donors (Lipinski definition) is 1. The van der Waals surface area contributed by atoms with E-state index in [1.54, 1.807) is 0 Å². The van der Waals surface area contributed by atoms with Gasteiger partial charge in [0, 0.05) is 12.8 Å². The van der Waals surface area contributed by atoms with Gasteiger partial charge in [-0.2, -0.15) is 0 Å². The highest BCUT2D eigenvalue weighted by Crippen LogP contribution is 2.43. The Bertz CT molecular complexity index is 1030. The minimum Gasteiger partial charge on any atom is -0.462 e. The molecule has 0 rings (SSSR count). The first-order valence-corrected chi connectivity index (χ1v) is 25.1.